The number of para-hydroxylation sites is 1. The first kappa shape index (κ1) is 17.8. The number of unbranched alkanes of at least 4 members (excludes halogenated alkanes) is 1. The Hall–Kier alpha value is -2.62. The van der Waals surface area contributed by atoms with Crippen LogP contribution in [0.4, 0.5) is 0 Å². The average molecular weight is 362 g/mol. The molecular weight excluding hydrogens is 336 g/mol. The maximum Gasteiger partial charge on any atom is 0.216 e. The number of hydrogen-bond donors (Lipinski definition) is 1. The van der Waals surface area contributed by atoms with Crippen molar-refractivity contribution in [3.63, 3.8) is 0 Å². The summed E-state index contributed by atoms with van der Waals surface area (Å²) in [6.45, 7) is 4.49. The highest BCUT2D eigenvalue weighted by Crippen LogP contribution is 2.49. The molecule has 0 saturated heterocycles. The Morgan fingerprint density at radius 2 is 2.00 bits per heavy atom. The van der Waals surface area contributed by atoms with Crippen LogP contribution in [0.15, 0.2) is 46.9 Å². The second-order valence-electron chi connectivity index (χ2n) is 7.53. The van der Waals surface area contributed by atoms with Gasteiger partial charge in [0.1, 0.15) is 5.52 Å². The summed E-state index contributed by atoms with van der Waals surface area (Å²) in [6, 6.07) is 14.7. The standard InChI is InChI=1S/C17H22N2O2.C6H4/c1-3-4-8-16-19-15-7-5-6-13(17(15)21-16)14-9-12(14)10-18-11(2)20;1-2-5-4-6(5)3-1/h5-7,12,14H,3-4,8-10H2,1-2H3,(H,18,20);1-4H/t12-,14+;/m0./s1. The van der Waals surface area contributed by atoms with E-state index in [0.29, 0.717) is 11.8 Å². The summed E-state index contributed by atoms with van der Waals surface area (Å²) in [6.07, 6.45) is 4.28. The van der Waals surface area contributed by atoms with Crippen molar-refractivity contribution in [2.75, 3.05) is 6.54 Å². The van der Waals surface area contributed by atoms with E-state index in [1.807, 2.05) is 6.07 Å². The van der Waals surface area contributed by atoms with E-state index in [2.05, 4.69) is 53.6 Å². The van der Waals surface area contributed by atoms with Gasteiger partial charge in [-0.3, -0.25) is 4.79 Å². The van der Waals surface area contributed by atoms with E-state index >= 15 is 0 Å². The molecule has 3 aliphatic carbocycles. The summed E-state index contributed by atoms with van der Waals surface area (Å²) in [5.41, 5.74) is 6.01. The van der Waals surface area contributed by atoms with E-state index in [4.69, 9.17) is 4.42 Å². The van der Waals surface area contributed by atoms with Gasteiger partial charge in [0.05, 0.1) is 0 Å². The van der Waals surface area contributed by atoms with Gasteiger partial charge in [-0.05, 0) is 47.9 Å². The van der Waals surface area contributed by atoms with E-state index in [0.717, 1.165) is 49.2 Å². The maximum absolute atomic E-state index is 11.0. The van der Waals surface area contributed by atoms with Gasteiger partial charge in [-0.2, -0.15) is 0 Å². The van der Waals surface area contributed by atoms with Crippen molar-refractivity contribution in [2.24, 2.45) is 5.92 Å². The summed E-state index contributed by atoms with van der Waals surface area (Å²) < 4.78 is 5.98. The van der Waals surface area contributed by atoms with Gasteiger partial charge in [-0.1, -0.05) is 43.7 Å². The fourth-order valence-corrected chi connectivity index (χ4v) is 3.55. The number of aromatic nitrogens is 1. The van der Waals surface area contributed by atoms with Crippen LogP contribution in [-0.4, -0.2) is 17.4 Å². The molecule has 5 rings (SSSR count). The number of carbonyl (C=O) groups is 1. The molecular formula is C23H26N2O2. The summed E-state index contributed by atoms with van der Waals surface area (Å²) in [4.78, 5) is 15.6. The molecule has 27 heavy (non-hydrogen) atoms. The van der Waals surface area contributed by atoms with Crippen LogP contribution in [0.3, 0.4) is 0 Å². The zero-order valence-corrected chi connectivity index (χ0v) is 16.0. The lowest BCUT2D eigenvalue weighted by molar-refractivity contribution is -0.119. The molecule has 1 amide bonds. The summed E-state index contributed by atoms with van der Waals surface area (Å²) in [5, 5.41) is 2.90. The number of carbonyl (C=O) groups excluding carboxylic acids is 1. The number of nitrogens with one attached hydrogen (secondary N) is 1. The Bertz CT molecular complexity index is 943. The van der Waals surface area contributed by atoms with Crippen LogP contribution in [-0.2, 0) is 11.2 Å². The molecule has 2 aromatic rings. The predicted molar refractivity (Wildman–Crippen MR) is 108 cm³/mol. The average Bonchev–Trinajstić information content (AvgIpc) is 3.52. The van der Waals surface area contributed by atoms with Crippen LogP contribution in [0, 0.1) is 5.92 Å². The molecule has 3 aliphatic rings. The molecule has 2 atom stereocenters. The number of nitrogens with zero attached hydrogens (tertiary/aromatic N) is 1. The van der Waals surface area contributed by atoms with E-state index in [1.54, 1.807) is 6.92 Å². The van der Waals surface area contributed by atoms with Crippen molar-refractivity contribution in [3.8, 4) is 11.1 Å². The Balaban J connectivity index is 0.000000250. The fourth-order valence-electron chi connectivity index (χ4n) is 3.55. The smallest absolute Gasteiger partial charge is 0.216 e. The first-order valence-electron chi connectivity index (χ1n) is 9.89. The molecule has 0 radical (unpaired) electrons. The quantitative estimate of drug-likeness (QED) is 0.520. The highest BCUT2D eigenvalue weighted by Gasteiger charge is 2.39. The first-order valence-corrected chi connectivity index (χ1v) is 9.89. The molecule has 1 aromatic carbocycles. The minimum atomic E-state index is 0.0420. The number of hydrogen-bond acceptors (Lipinski definition) is 3. The van der Waals surface area contributed by atoms with E-state index in [-0.39, 0.29) is 5.91 Å². The molecule has 1 saturated carbocycles. The van der Waals surface area contributed by atoms with Crippen molar-refractivity contribution in [1.82, 2.24) is 10.3 Å². The summed E-state index contributed by atoms with van der Waals surface area (Å²) in [5.74, 6) is 1.91. The molecule has 4 heteroatoms. The lowest BCUT2D eigenvalue weighted by atomic mass is 10.1. The van der Waals surface area contributed by atoms with Crippen LogP contribution >= 0.6 is 0 Å². The van der Waals surface area contributed by atoms with Crippen molar-refractivity contribution in [2.45, 2.75) is 45.4 Å². The molecule has 0 spiro atoms. The molecule has 1 heterocycles. The van der Waals surface area contributed by atoms with Gasteiger partial charge in [0.25, 0.3) is 0 Å². The highest BCUT2D eigenvalue weighted by molar-refractivity contribution is 5.80. The number of aryl methyl sites for hydroxylation is 1. The maximum atomic E-state index is 11.0. The molecule has 0 unspecified atom stereocenters. The molecule has 1 N–H and O–H groups in total. The SMILES string of the molecule is CCCCc1nc2cccc([C@@H]3C[C@H]3CNC(C)=O)c2o1.c1cc2cc-2c1. The van der Waals surface area contributed by atoms with Crippen molar-refractivity contribution in [3.05, 3.63) is 53.9 Å². The molecule has 1 aromatic heterocycles. The zero-order valence-electron chi connectivity index (χ0n) is 16.0. The normalized spacial score (nSPS) is 18.6. The van der Waals surface area contributed by atoms with Gasteiger partial charge in [0.2, 0.25) is 5.91 Å². The highest BCUT2D eigenvalue weighted by atomic mass is 16.3. The van der Waals surface area contributed by atoms with Crippen molar-refractivity contribution in [1.29, 1.82) is 0 Å². The Labute approximate surface area is 160 Å². The lowest BCUT2D eigenvalue weighted by Gasteiger charge is -2.02. The van der Waals surface area contributed by atoms with Gasteiger partial charge in [0, 0.05) is 25.5 Å². The molecule has 140 valence electrons. The molecule has 1 fully saturated rings. The Morgan fingerprint density at radius 1 is 1.22 bits per heavy atom. The van der Waals surface area contributed by atoms with Crippen LogP contribution in [0.25, 0.3) is 22.2 Å². The zero-order chi connectivity index (χ0) is 18.8. The molecule has 4 nitrogen and oxygen atoms in total. The lowest BCUT2D eigenvalue weighted by Crippen LogP contribution is -2.22. The number of oxazole rings is 1. The summed E-state index contributed by atoms with van der Waals surface area (Å²) in [7, 11) is 0. The van der Waals surface area contributed by atoms with Crippen LogP contribution < -0.4 is 5.32 Å². The minimum absolute atomic E-state index is 0.0420. The van der Waals surface area contributed by atoms with Crippen LogP contribution in [0.1, 0.15) is 50.5 Å². The number of benzene rings is 2. The van der Waals surface area contributed by atoms with Crippen LogP contribution in [0.2, 0.25) is 0 Å². The van der Waals surface area contributed by atoms with E-state index in [1.165, 1.54) is 16.7 Å². The fraction of sp³-hybridized carbons (Fsp3) is 0.391. The number of fused-ring (bicyclic) bond motifs is 2. The van der Waals surface area contributed by atoms with Gasteiger partial charge in [-0.15, -0.1) is 0 Å². The van der Waals surface area contributed by atoms with Gasteiger partial charge in [0.15, 0.2) is 11.5 Å². The van der Waals surface area contributed by atoms with Crippen molar-refractivity contribution < 1.29 is 9.21 Å². The van der Waals surface area contributed by atoms with E-state index in [9.17, 15) is 4.79 Å². The Morgan fingerprint density at radius 3 is 2.63 bits per heavy atom. The molecule has 0 bridgehead atoms. The monoisotopic (exact) mass is 362 g/mol. The second-order valence-corrected chi connectivity index (χ2v) is 7.53. The van der Waals surface area contributed by atoms with E-state index < -0.39 is 0 Å². The number of amides is 1. The third kappa shape index (κ3) is 4.21. The molecule has 0 aliphatic heterocycles. The second kappa shape index (κ2) is 7.55. The largest absolute Gasteiger partial charge is 0.440 e. The van der Waals surface area contributed by atoms with Gasteiger partial charge in [-0.25, -0.2) is 4.98 Å². The predicted octanol–water partition coefficient (Wildman–Crippen LogP) is 5.08. The topological polar surface area (TPSA) is 55.1 Å². The third-order valence-corrected chi connectivity index (χ3v) is 5.28. The summed E-state index contributed by atoms with van der Waals surface area (Å²) >= 11 is 0. The minimum Gasteiger partial charge on any atom is -0.440 e. The number of rotatable bonds is 6. The first-order chi connectivity index (χ1) is 13.2. The van der Waals surface area contributed by atoms with Gasteiger partial charge < -0.3 is 9.73 Å². The van der Waals surface area contributed by atoms with Crippen molar-refractivity contribution >= 4 is 17.0 Å². The van der Waals surface area contributed by atoms with Crippen LogP contribution in [0.5, 0.6) is 0 Å². The third-order valence-electron chi connectivity index (χ3n) is 5.28. The van der Waals surface area contributed by atoms with Gasteiger partial charge >= 0.3 is 0 Å². The Kier molecular flexibility index (Phi) is 4.97.